The van der Waals surface area contributed by atoms with E-state index in [4.69, 9.17) is 15.3 Å². The molecule has 0 bridgehead atoms. The summed E-state index contributed by atoms with van der Waals surface area (Å²) >= 11 is 0. The molecule has 21 heavy (non-hydrogen) atoms. The first-order valence-corrected chi connectivity index (χ1v) is 4.45. The first kappa shape index (κ1) is 20.1. The van der Waals surface area contributed by atoms with Crippen LogP contribution in [-0.2, 0) is 14.5 Å². The van der Waals surface area contributed by atoms with E-state index in [0.717, 1.165) is 0 Å². The zero-order valence-corrected chi connectivity index (χ0v) is 10.3. The van der Waals surface area contributed by atoms with Crippen molar-refractivity contribution in [2.75, 3.05) is 27.2 Å². The molecule has 17 heteroatoms. The number of hydrogen-bond acceptors (Lipinski definition) is 12. The highest BCUT2D eigenvalue weighted by molar-refractivity contribution is 4.13. The predicted octanol–water partition coefficient (Wildman–Crippen LogP) is -1.31. The molecular formula is C4H9N5O12. The second kappa shape index (κ2) is 9.66. The average Bonchev–Trinajstić information content (AvgIpc) is 2.31. The fourth-order valence-electron chi connectivity index (χ4n) is 0.671. The van der Waals surface area contributed by atoms with Gasteiger partial charge in [-0.15, -0.1) is 30.3 Å². The smallest absolute Gasteiger partial charge is 0.300 e. The van der Waals surface area contributed by atoms with Crippen LogP contribution in [0.15, 0.2) is 0 Å². The van der Waals surface area contributed by atoms with Gasteiger partial charge < -0.3 is 15.3 Å². The monoisotopic (exact) mass is 319 g/mol. The Hall–Kier alpha value is -3.24. The lowest BCUT2D eigenvalue weighted by atomic mass is 10.7. The van der Waals surface area contributed by atoms with E-state index in [1.54, 1.807) is 0 Å². The first-order chi connectivity index (χ1) is 9.48. The Kier molecular flexibility index (Phi) is 9.24. The molecule has 0 atom stereocenters. The van der Waals surface area contributed by atoms with Crippen molar-refractivity contribution in [3.05, 3.63) is 45.7 Å². The summed E-state index contributed by atoms with van der Waals surface area (Å²) < 4.78 is -0.705. The van der Waals surface area contributed by atoms with Gasteiger partial charge in [0.1, 0.15) is 0 Å². The molecule has 0 unspecified atom stereocenters. The molecule has 0 aliphatic carbocycles. The molecule has 0 aromatic rings. The zero-order chi connectivity index (χ0) is 17.1. The summed E-state index contributed by atoms with van der Waals surface area (Å²) in [5, 5.41) is 41.2. The lowest BCUT2D eigenvalue weighted by Gasteiger charge is -2.29. The molecule has 122 valence electrons. The number of hydrogen-bond donors (Lipinski definition) is 0. The molecule has 0 amide bonds. The Morgan fingerprint density at radius 3 is 1.05 bits per heavy atom. The van der Waals surface area contributed by atoms with E-state index in [2.05, 4.69) is 14.5 Å². The molecule has 0 rings (SSSR count). The van der Waals surface area contributed by atoms with E-state index in [1.807, 2.05) is 0 Å². The van der Waals surface area contributed by atoms with E-state index < -0.39 is 45.0 Å². The molecule has 0 aliphatic heterocycles. The van der Waals surface area contributed by atoms with Gasteiger partial charge in [0.25, 0.3) is 15.3 Å². The van der Waals surface area contributed by atoms with Crippen molar-refractivity contribution in [1.29, 1.82) is 0 Å². The van der Waals surface area contributed by atoms with Gasteiger partial charge in [-0.1, -0.05) is 0 Å². The van der Waals surface area contributed by atoms with Crippen LogP contribution in [0.2, 0.25) is 0 Å². The van der Waals surface area contributed by atoms with Gasteiger partial charge in [0, 0.05) is 0 Å². The minimum atomic E-state index is -1.75. The Labute approximate surface area is 113 Å². The Morgan fingerprint density at radius 2 is 0.905 bits per heavy atom. The van der Waals surface area contributed by atoms with Crippen molar-refractivity contribution in [2.45, 2.75) is 0 Å². The predicted molar refractivity (Wildman–Crippen MR) is 55.4 cm³/mol. The second-order valence-corrected chi connectivity index (χ2v) is 3.29. The Bertz CT molecular complexity index is 334. The molecule has 0 fully saturated rings. The summed E-state index contributed by atoms with van der Waals surface area (Å²) in [7, 11) is 1.18. The summed E-state index contributed by atoms with van der Waals surface area (Å²) in [5.74, 6) is 0. The van der Waals surface area contributed by atoms with E-state index in [0.29, 0.717) is 0 Å². The third-order valence-electron chi connectivity index (χ3n) is 1.42. The molecular weight excluding hydrogens is 310 g/mol. The quantitative estimate of drug-likeness (QED) is 0.209. The van der Waals surface area contributed by atoms with Crippen LogP contribution in [-0.4, -0.2) is 52.1 Å². The van der Waals surface area contributed by atoms with Gasteiger partial charge in [-0.05, 0) is 0 Å². The molecule has 0 aromatic carbocycles. The van der Waals surface area contributed by atoms with Crippen molar-refractivity contribution in [1.82, 2.24) is 0 Å². The maximum atomic E-state index is 9.95. The van der Waals surface area contributed by atoms with Gasteiger partial charge in [-0.3, -0.25) is 19.0 Å². The number of rotatable bonds is 9. The van der Waals surface area contributed by atoms with Gasteiger partial charge in [0.05, 0.1) is 12.1 Å². The van der Waals surface area contributed by atoms with Gasteiger partial charge in [0.2, 0.25) is 20.2 Å². The van der Waals surface area contributed by atoms with Gasteiger partial charge in [-0.25, -0.2) is 0 Å². The van der Waals surface area contributed by atoms with Crippen LogP contribution < -0.4 is 0 Å². The van der Waals surface area contributed by atoms with Gasteiger partial charge in [0.15, 0.2) is 0 Å². The van der Waals surface area contributed by atoms with Crippen LogP contribution in [0.4, 0.5) is 0 Å². The summed E-state index contributed by atoms with van der Waals surface area (Å²) in [4.78, 5) is 50.0. The van der Waals surface area contributed by atoms with Crippen LogP contribution in [0.3, 0.4) is 0 Å². The van der Waals surface area contributed by atoms with Crippen LogP contribution >= 0.6 is 0 Å². The average molecular weight is 319 g/mol. The molecule has 0 saturated heterocycles. The van der Waals surface area contributed by atoms with Crippen LogP contribution in [0, 0.1) is 45.7 Å². The molecule has 0 radical (unpaired) electrons. The van der Waals surface area contributed by atoms with Crippen LogP contribution in [0.25, 0.3) is 0 Å². The molecule has 0 aliphatic rings. The lowest BCUT2D eigenvalue weighted by molar-refractivity contribution is -1.04. The molecule has 0 spiro atoms. The topological polar surface area (TPSA) is 223 Å². The van der Waals surface area contributed by atoms with E-state index in [9.17, 15) is 30.3 Å². The minimum Gasteiger partial charge on any atom is -0.356 e. The third kappa shape index (κ3) is 16.8. The van der Waals surface area contributed by atoms with Crippen LogP contribution in [0.5, 0.6) is 0 Å². The lowest BCUT2D eigenvalue weighted by Crippen LogP contribution is -2.50. The summed E-state index contributed by atoms with van der Waals surface area (Å²) in [6, 6.07) is 0. The van der Waals surface area contributed by atoms with Crippen LogP contribution in [0.1, 0.15) is 0 Å². The van der Waals surface area contributed by atoms with Crippen molar-refractivity contribution in [3.63, 3.8) is 0 Å². The largest absolute Gasteiger partial charge is 0.356 e. The standard InChI is InChI=1S/C4H9N4O9.NO3/c1-8(2-15-5(9)10,3-16-6(11)12)4-17-7(13)14;2-1(3)4/h2-4H2,1H3;/q+1;-1. The fraction of sp³-hybridized carbons (Fsp3) is 1.00. The summed E-state index contributed by atoms with van der Waals surface area (Å²) in [5.41, 5.74) is 0. The second-order valence-electron chi connectivity index (χ2n) is 3.29. The third-order valence-corrected chi connectivity index (χ3v) is 1.42. The van der Waals surface area contributed by atoms with Crippen molar-refractivity contribution in [3.8, 4) is 0 Å². The minimum absolute atomic E-state index is 0.700. The van der Waals surface area contributed by atoms with Crippen molar-refractivity contribution < 1.29 is 39.3 Å². The van der Waals surface area contributed by atoms with Gasteiger partial charge >= 0.3 is 0 Å². The first-order valence-electron chi connectivity index (χ1n) is 4.45. The highest BCUT2D eigenvalue weighted by Gasteiger charge is 2.26. The summed E-state index contributed by atoms with van der Waals surface area (Å²) in [6.07, 6.45) is 0. The SMILES string of the molecule is C[N+](CO[N+](=O)[O-])(CO[N+](=O)[O-])CO[N+](=O)[O-].O=[N+]([O-])[O-]. The fourth-order valence-corrected chi connectivity index (χ4v) is 0.671. The maximum Gasteiger partial charge on any atom is 0.300 e. The van der Waals surface area contributed by atoms with Crippen molar-refractivity contribution in [2.24, 2.45) is 0 Å². The number of quaternary nitrogens is 1. The maximum absolute atomic E-state index is 9.95. The Balaban J connectivity index is 0. The molecule has 17 nitrogen and oxygen atoms in total. The van der Waals surface area contributed by atoms with E-state index in [1.165, 1.54) is 7.05 Å². The highest BCUT2D eigenvalue weighted by Crippen LogP contribution is 2.04. The molecule has 0 heterocycles. The molecule has 0 aromatic heterocycles. The van der Waals surface area contributed by atoms with E-state index >= 15 is 0 Å². The van der Waals surface area contributed by atoms with E-state index in [-0.39, 0.29) is 0 Å². The molecule has 0 saturated carbocycles. The molecule has 0 N–H and O–H groups in total. The normalized spacial score (nSPS) is 9.57. The Morgan fingerprint density at radius 1 is 0.714 bits per heavy atom. The van der Waals surface area contributed by atoms with Gasteiger partial charge in [-0.2, -0.15) is 0 Å². The summed E-state index contributed by atoms with van der Waals surface area (Å²) in [6.45, 7) is -2.10. The number of nitrogens with zero attached hydrogens (tertiary/aromatic N) is 5. The van der Waals surface area contributed by atoms with Crippen molar-refractivity contribution >= 4 is 0 Å². The zero-order valence-electron chi connectivity index (χ0n) is 10.3. The highest BCUT2D eigenvalue weighted by atomic mass is 17.0.